The molecule has 6 nitrogen and oxygen atoms in total. The molecule has 0 aromatic carbocycles. The van der Waals surface area contributed by atoms with Gasteiger partial charge in [0.05, 0.1) is 29.3 Å². The van der Waals surface area contributed by atoms with Crippen LogP contribution < -0.4 is 5.32 Å². The molecule has 0 saturated carbocycles. The van der Waals surface area contributed by atoms with Crippen LogP contribution in [0.4, 0.5) is 0 Å². The fraction of sp³-hybridized carbons (Fsp3) is 0.533. The number of nitrogens with one attached hydrogen (secondary N) is 1. The third kappa shape index (κ3) is 3.39. The fourth-order valence-corrected chi connectivity index (χ4v) is 2.41. The Balaban J connectivity index is 2.32. The van der Waals surface area contributed by atoms with Gasteiger partial charge >= 0.3 is 0 Å². The van der Waals surface area contributed by atoms with Crippen molar-refractivity contribution in [1.82, 2.24) is 15.5 Å². The van der Waals surface area contributed by atoms with Crippen LogP contribution in [0.5, 0.6) is 0 Å². The van der Waals surface area contributed by atoms with E-state index < -0.39 is 0 Å². The van der Waals surface area contributed by atoms with Crippen molar-refractivity contribution in [3.63, 3.8) is 0 Å². The summed E-state index contributed by atoms with van der Waals surface area (Å²) in [5, 5.41) is 16.7. The minimum absolute atomic E-state index is 0.0836. The second kappa shape index (κ2) is 6.22. The summed E-state index contributed by atoms with van der Waals surface area (Å²) in [5.41, 5.74) is 2.17. The summed E-state index contributed by atoms with van der Waals surface area (Å²) in [7, 11) is 0. The Morgan fingerprint density at radius 3 is 2.76 bits per heavy atom. The van der Waals surface area contributed by atoms with E-state index in [-0.39, 0.29) is 18.6 Å². The lowest BCUT2D eigenvalue weighted by Gasteiger charge is -2.18. The van der Waals surface area contributed by atoms with Crippen LogP contribution in [0.25, 0.3) is 11.1 Å². The van der Waals surface area contributed by atoms with Crippen LogP contribution in [0.1, 0.15) is 42.0 Å². The highest BCUT2D eigenvalue weighted by Crippen LogP contribution is 2.22. The molecule has 2 aromatic rings. The average molecular weight is 291 g/mol. The quantitative estimate of drug-likeness (QED) is 0.879. The Labute approximate surface area is 123 Å². The van der Waals surface area contributed by atoms with E-state index >= 15 is 0 Å². The average Bonchev–Trinajstić information content (AvgIpc) is 2.77. The molecule has 1 amide bonds. The number of hydrogen-bond donors (Lipinski definition) is 2. The predicted octanol–water partition coefficient (Wildman–Crippen LogP) is 1.98. The first-order valence-electron chi connectivity index (χ1n) is 7.07. The Morgan fingerprint density at radius 2 is 2.14 bits per heavy atom. The number of aryl methyl sites for hydroxylation is 2. The van der Waals surface area contributed by atoms with Crippen molar-refractivity contribution >= 4 is 17.0 Å². The second-order valence-electron chi connectivity index (χ2n) is 5.74. The number of fused-ring (bicyclic) bond motifs is 1. The molecule has 2 N–H and O–H groups in total. The van der Waals surface area contributed by atoms with E-state index in [2.05, 4.69) is 15.5 Å². The number of nitrogens with zero attached hydrogens (tertiary/aromatic N) is 2. The molecule has 2 aromatic heterocycles. The van der Waals surface area contributed by atoms with E-state index in [1.54, 1.807) is 19.9 Å². The highest BCUT2D eigenvalue weighted by Gasteiger charge is 2.20. The number of hydrogen-bond acceptors (Lipinski definition) is 5. The van der Waals surface area contributed by atoms with E-state index in [0.29, 0.717) is 34.0 Å². The normalized spacial score (nSPS) is 12.9. The molecular formula is C15H21N3O3. The van der Waals surface area contributed by atoms with Gasteiger partial charge < -0.3 is 14.9 Å². The molecule has 6 heteroatoms. The lowest BCUT2D eigenvalue weighted by Crippen LogP contribution is -2.38. The van der Waals surface area contributed by atoms with Gasteiger partial charge in [0, 0.05) is 5.69 Å². The second-order valence-corrected chi connectivity index (χ2v) is 5.74. The topological polar surface area (TPSA) is 88.2 Å². The molecule has 0 aliphatic rings. The largest absolute Gasteiger partial charge is 0.394 e. The van der Waals surface area contributed by atoms with Crippen molar-refractivity contribution < 1.29 is 14.4 Å². The SMILES string of the molecule is Cc1cc(C(=O)NC(CO)CC(C)C)c2c(C)noc2n1. The number of amides is 1. The zero-order valence-corrected chi connectivity index (χ0v) is 12.8. The van der Waals surface area contributed by atoms with Crippen LogP contribution in [0.2, 0.25) is 0 Å². The number of pyridine rings is 1. The van der Waals surface area contributed by atoms with Crippen LogP contribution in [0.3, 0.4) is 0 Å². The van der Waals surface area contributed by atoms with Gasteiger partial charge in [-0.3, -0.25) is 4.79 Å². The Hall–Kier alpha value is -1.95. The van der Waals surface area contributed by atoms with E-state index in [0.717, 1.165) is 6.42 Å². The third-order valence-electron chi connectivity index (χ3n) is 3.30. The predicted molar refractivity (Wildman–Crippen MR) is 79.1 cm³/mol. The summed E-state index contributed by atoms with van der Waals surface area (Å²) < 4.78 is 5.13. The molecule has 0 aliphatic carbocycles. The summed E-state index contributed by atoms with van der Waals surface area (Å²) in [6.45, 7) is 7.59. The fourth-order valence-electron chi connectivity index (χ4n) is 2.41. The van der Waals surface area contributed by atoms with E-state index in [1.165, 1.54) is 0 Å². The number of aliphatic hydroxyl groups excluding tert-OH is 1. The lowest BCUT2D eigenvalue weighted by molar-refractivity contribution is 0.0910. The van der Waals surface area contributed by atoms with Crippen LogP contribution in [0.15, 0.2) is 10.6 Å². The molecule has 1 unspecified atom stereocenters. The van der Waals surface area contributed by atoms with Gasteiger partial charge in [-0.05, 0) is 32.3 Å². The highest BCUT2D eigenvalue weighted by molar-refractivity contribution is 6.06. The number of carbonyl (C=O) groups is 1. The molecule has 0 aliphatic heterocycles. The van der Waals surface area contributed by atoms with Crippen LogP contribution in [0, 0.1) is 19.8 Å². The van der Waals surface area contributed by atoms with Gasteiger partial charge in [-0.25, -0.2) is 4.98 Å². The molecule has 0 spiro atoms. The van der Waals surface area contributed by atoms with Gasteiger partial charge in [-0.15, -0.1) is 0 Å². The van der Waals surface area contributed by atoms with Gasteiger partial charge in [0.15, 0.2) is 0 Å². The Kier molecular flexibility index (Phi) is 4.57. The summed E-state index contributed by atoms with van der Waals surface area (Å²) in [6, 6.07) is 1.45. The van der Waals surface area contributed by atoms with E-state index in [9.17, 15) is 9.90 Å². The summed E-state index contributed by atoms with van der Waals surface area (Å²) in [5.74, 6) is 0.149. The Morgan fingerprint density at radius 1 is 1.43 bits per heavy atom. The van der Waals surface area contributed by atoms with Crippen molar-refractivity contribution in [3.05, 3.63) is 23.0 Å². The zero-order chi connectivity index (χ0) is 15.6. The molecule has 0 radical (unpaired) electrons. The van der Waals surface area contributed by atoms with Crippen LogP contribution in [-0.2, 0) is 0 Å². The smallest absolute Gasteiger partial charge is 0.258 e. The van der Waals surface area contributed by atoms with Gasteiger partial charge in [-0.2, -0.15) is 0 Å². The van der Waals surface area contributed by atoms with Gasteiger partial charge in [0.25, 0.3) is 11.6 Å². The molecule has 114 valence electrons. The van der Waals surface area contributed by atoms with Gasteiger partial charge in [0.1, 0.15) is 0 Å². The van der Waals surface area contributed by atoms with Crippen molar-refractivity contribution in [2.45, 2.75) is 40.2 Å². The van der Waals surface area contributed by atoms with E-state index in [1.807, 2.05) is 13.8 Å². The molecule has 2 rings (SSSR count). The zero-order valence-electron chi connectivity index (χ0n) is 12.8. The maximum absolute atomic E-state index is 12.5. The van der Waals surface area contributed by atoms with Crippen molar-refractivity contribution in [2.75, 3.05) is 6.61 Å². The molecule has 0 bridgehead atoms. The number of aliphatic hydroxyl groups is 1. The molecule has 0 saturated heterocycles. The molecule has 21 heavy (non-hydrogen) atoms. The van der Waals surface area contributed by atoms with E-state index in [4.69, 9.17) is 4.52 Å². The van der Waals surface area contributed by atoms with Crippen LogP contribution in [-0.4, -0.2) is 33.8 Å². The van der Waals surface area contributed by atoms with Crippen molar-refractivity contribution in [1.29, 1.82) is 0 Å². The molecule has 0 fully saturated rings. The van der Waals surface area contributed by atoms with Gasteiger partial charge in [-0.1, -0.05) is 19.0 Å². The van der Waals surface area contributed by atoms with Crippen LogP contribution >= 0.6 is 0 Å². The summed E-state index contributed by atoms with van der Waals surface area (Å²) in [4.78, 5) is 16.7. The minimum Gasteiger partial charge on any atom is -0.394 e. The monoisotopic (exact) mass is 291 g/mol. The molecule has 1 atom stereocenters. The molecule has 2 heterocycles. The van der Waals surface area contributed by atoms with Gasteiger partial charge in [0.2, 0.25) is 0 Å². The highest BCUT2D eigenvalue weighted by atomic mass is 16.5. The maximum atomic E-state index is 12.5. The first-order chi connectivity index (χ1) is 9.92. The minimum atomic E-state index is -0.263. The number of aromatic nitrogens is 2. The summed E-state index contributed by atoms with van der Waals surface area (Å²) in [6.07, 6.45) is 0.720. The summed E-state index contributed by atoms with van der Waals surface area (Å²) >= 11 is 0. The number of carbonyl (C=O) groups excluding carboxylic acids is 1. The van der Waals surface area contributed by atoms with Crippen molar-refractivity contribution in [2.24, 2.45) is 5.92 Å². The lowest BCUT2D eigenvalue weighted by atomic mass is 10.0. The first-order valence-corrected chi connectivity index (χ1v) is 7.07. The third-order valence-corrected chi connectivity index (χ3v) is 3.30. The first kappa shape index (κ1) is 15.4. The standard InChI is InChI=1S/C15H21N3O3/c1-8(2)5-11(7-19)17-14(20)12-6-9(3)16-15-13(12)10(4)18-21-15/h6,8,11,19H,5,7H2,1-4H3,(H,17,20). The maximum Gasteiger partial charge on any atom is 0.258 e. The molecular weight excluding hydrogens is 270 g/mol. The van der Waals surface area contributed by atoms with Crippen molar-refractivity contribution in [3.8, 4) is 0 Å². The Bertz CT molecular complexity index is 649. The number of rotatable bonds is 5.